The maximum atomic E-state index is 13.1. The molecule has 2 rings (SSSR count). The van der Waals surface area contributed by atoms with Crippen LogP contribution in [0.5, 0.6) is 0 Å². The molecule has 2 unspecified atom stereocenters. The SMILES string of the molecule is CC1CCN(C(=O)Nc2ccc(F)cc2C(=O)O)C(C)C1. The number of urea groups is 1. The summed E-state index contributed by atoms with van der Waals surface area (Å²) < 4.78 is 13.1. The molecular weight excluding hydrogens is 275 g/mol. The van der Waals surface area contributed by atoms with E-state index < -0.39 is 11.8 Å². The van der Waals surface area contributed by atoms with E-state index in [0.29, 0.717) is 12.5 Å². The third-order valence-electron chi connectivity index (χ3n) is 3.85. The number of nitrogens with zero attached hydrogens (tertiary/aromatic N) is 1. The van der Waals surface area contributed by atoms with E-state index >= 15 is 0 Å². The fourth-order valence-electron chi connectivity index (χ4n) is 2.70. The van der Waals surface area contributed by atoms with Crippen molar-refractivity contribution in [2.45, 2.75) is 32.7 Å². The van der Waals surface area contributed by atoms with Gasteiger partial charge in [-0.25, -0.2) is 14.0 Å². The summed E-state index contributed by atoms with van der Waals surface area (Å²) in [6, 6.07) is 3.06. The van der Waals surface area contributed by atoms with Crippen molar-refractivity contribution in [2.24, 2.45) is 5.92 Å². The predicted molar refractivity (Wildman–Crippen MR) is 76.9 cm³/mol. The maximum absolute atomic E-state index is 13.1. The maximum Gasteiger partial charge on any atom is 0.337 e. The van der Waals surface area contributed by atoms with Crippen LogP contribution in [0.4, 0.5) is 14.9 Å². The Morgan fingerprint density at radius 3 is 2.71 bits per heavy atom. The number of benzene rings is 1. The Morgan fingerprint density at radius 1 is 1.38 bits per heavy atom. The van der Waals surface area contributed by atoms with Gasteiger partial charge in [0.2, 0.25) is 0 Å². The Bertz CT molecular complexity index is 562. The first-order valence-corrected chi connectivity index (χ1v) is 6.99. The van der Waals surface area contributed by atoms with E-state index in [-0.39, 0.29) is 23.3 Å². The lowest BCUT2D eigenvalue weighted by molar-refractivity contribution is 0.0697. The Labute approximate surface area is 122 Å². The van der Waals surface area contributed by atoms with E-state index in [1.807, 2.05) is 6.92 Å². The average molecular weight is 294 g/mol. The number of nitrogens with one attached hydrogen (secondary N) is 1. The summed E-state index contributed by atoms with van der Waals surface area (Å²) >= 11 is 0. The topological polar surface area (TPSA) is 69.6 Å². The van der Waals surface area contributed by atoms with Gasteiger partial charge in [0, 0.05) is 12.6 Å². The van der Waals surface area contributed by atoms with E-state index in [0.717, 1.165) is 25.0 Å². The number of carboxylic acid groups (broad SMARTS) is 1. The van der Waals surface area contributed by atoms with E-state index in [9.17, 15) is 14.0 Å². The van der Waals surface area contributed by atoms with Crippen molar-refractivity contribution in [3.63, 3.8) is 0 Å². The molecule has 21 heavy (non-hydrogen) atoms. The highest BCUT2D eigenvalue weighted by Crippen LogP contribution is 2.24. The van der Waals surface area contributed by atoms with Gasteiger partial charge in [0.1, 0.15) is 5.82 Å². The van der Waals surface area contributed by atoms with Gasteiger partial charge in [-0.15, -0.1) is 0 Å². The van der Waals surface area contributed by atoms with E-state index in [2.05, 4.69) is 12.2 Å². The van der Waals surface area contributed by atoms with Crippen molar-refractivity contribution in [3.05, 3.63) is 29.6 Å². The number of likely N-dealkylation sites (tertiary alicyclic amines) is 1. The van der Waals surface area contributed by atoms with Crippen LogP contribution in [0.15, 0.2) is 18.2 Å². The molecule has 0 saturated carbocycles. The average Bonchev–Trinajstić information content (AvgIpc) is 2.40. The van der Waals surface area contributed by atoms with Crippen molar-refractivity contribution in [1.82, 2.24) is 4.90 Å². The van der Waals surface area contributed by atoms with Crippen LogP contribution in [0.25, 0.3) is 0 Å². The van der Waals surface area contributed by atoms with Gasteiger partial charge in [0.05, 0.1) is 11.3 Å². The summed E-state index contributed by atoms with van der Waals surface area (Å²) in [5, 5.41) is 11.6. The van der Waals surface area contributed by atoms with Gasteiger partial charge >= 0.3 is 12.0 Å². The number of piperidine rings is 1. The molecule has 1 aromatic carbocycles. The Morgan fingerprint density at radius 2 is 2.10 bits per heavy atom. The lowest BCUT2D eigenvalue weighted by atomic mass is 9.94. The van der Waals surface area contributed by atoms with Gasteiger partial charge in [-0.2, -0.15) is 0 Å². The zero-order chi connectivity index (χ0) is 15.6. The zero-order valence-corrected chi connectivity index (χ0v) is 12.1. The number of carbonyl (C=O) groups excluding carboxylic acids is 1. The van der Waals surface area contributed by atoms with E-state index in [1.165, 1.54) is 6.07 Å². The van der Waals surface area contributed by atoms with Crippen LogP contribution < -0.4 is 5.32 Å². The summed E-state index contributed by atoms with van der Waals surface area (Å²) in [7, 11) is 0. The predicted octanol–water partition coefficient (Wildman–Crippen LogP) is 3.18. The molecule has 0 aromatic heterocycles. The first-order valence-electron chi connectivity index (χ1n) is 6.99. The van der Waals surface area contributed by atoms with Crippen molar-refractivity contribution in [2.75, 3.05) is 11.9 Å². The van der Waals surface area contributed by atoms with Crippen molar-refractivity contribution < 1.29 is 19.1 Å². The van der Waals surface area contributed by atoms with E-state index in [4.69, 9.17) is 5.11 Å². The van der Waals surface area contributed by atoms with Crippen LogP contribution in [0.2, 0.25) is 0 Å². The standard InChI is InChI=1S/C15H19FN2O3/c1-9-5-6-18(10(2)7-9)15(21)17-13-4-3-11(16)8-12(13)14(19)20/h3-4,8-10H,5-7H2,1-2H3,(H,17,21)(H,19,20). The molecule has 1 saturated heterocycles. The quantitative estimate of drug-likeness (QED) is 0.880. The van der Waals surface area contributed by atoms with Crippen LogP contribution in [0, 0.1) is 11.7 Å². The number of carboxylic acids is 1. The molecule has 1 heterocycles. The number of hydrogen-bond donors (Lipinski definition) is 2. The minimum Gasteiger partial charge on any atom is -0.478 e. The molecule has 2 atom stereocenters. The number of aromatic carboxylic acids is 1. The number of carbonyl (C=O) groups is 2. The smallest absolute Gasteiger partial charge is 0.337 e. The van der Waals surface area contributed by atoms with Gasteiger partial charge in [-0.05, 0) is 43.9 Å². The summed E-state index contributed by atoms with van der Waals surface area (Å²) in [6.07, 6.45) is 1.84. The minimum atomic E-state index is -1.27. The fourth-order valence-corrected chi connectivity index (χ4v) is 2.70. The summed E-state index contributed by atoms with van der Waals surface area (Å²) in [5.74, 6) is -1.35. The normalized spacial score (nSPS) is 22.0. The van der Waals surface area contributed by atoms with Gasteiger partial charge in [0.15, 0.2) is 0 Å². The second-order valence-corrected chi connectivity index (χ2v) is 5.60. The van der Waals surface area contributed by atoms with Crippen LogP contribution in [-0.2, 0) is 0 Å². The fraction of sp³-hybridized carbons (Fsp3) is 0.467. The summed E-state index contributed by atoms with van der Waals surface area (Å²) in [6.45, 7) is 4.75. The van der Waals surface area contributed by atoms with Crippen LogP contribution in [0.3, 0.4) is 0 Å². The molecule has 0 aliphatic carbocycles. The molecule has 1 aliphatic heterocycles. The minimum absolute atomic E-state index is 0.0995. The Balaban J connectivity index is 2.14. The first-order chi connectivity index (χ1) is 9.88. The summed E-state index contributed by atoms with van der Waals surface area (Å²) in [5.41, 5.74) is -0.138. The number of anilines is 1. The lowest BCUT2D eigenvalue weighted by Gasteiger charge is -2.36. The highest BCUT2D eigenvalue weighted by atomic mass is 19.1. The number of amides is 2. The first kappa shape index (κ1) is 15.3. The largest absolute Gasteiger partial charge is 0.478 e. The second kappa shape index (κ2) is 6.11. The zero-order valence-electron chi connectivity index (χ0n) is 12.1. The Hall–Kier alpha value is -2.11. The van der Waals surface area contributed by atoms with E-state index in [1.54, 1.807) is 4.90 Å². The van der Waals surface area contributed by atoms with Crippen LogP contribution in [0.1, 0.15) is 37.0 Å². The second-order valence-electron chi connectivity index (χ2n) is 5.60. The third-order valence-corrected chi connectivity index (χ3v) is 3.85. The van der Waals surface area contributed by atoms with Crippen molar-refractivity contribution in [1.29, 1.82) is 0 Å². The third kappa shape index (κ3) is 3.51. The highest BCUT2D eigenvalue weighted by Gasteiger charge is 2.27. The van der Waals surface area contributed by atoms with Gasteiger partial charge in [0.25, 0.3) is 0 Å². The Kier molecular flexibility index (Phi) is 4.45. The van der Waals surface area contributed by atoms with Gasteiger partial charge < -0.3 is 15.3 Å². The molecule has 0 radical (unpaired) electrons. The number of halogens is 1. The lowest BCUT2D eigenvalue weighted by Crippen LogP contribution is -2.46. The van der Waals surface area contributed by atoms with Crippen molar-refractivity contribution >= 4 is 17.7 Å². The molecule has 1 aliphatic rings. The molecule has 6 heteroatoms. The molecule has 0 spiro atoms. The van der Waals surface area contributed by atoms with Gasteiger partial charge in [-0.1, -0.05) is 6.92 Å². The molecule has 2 amide bonds. The molecular formula is C15H19FN2O3. The van der Waals surface area contributed by atoms with Crippen LogP contribution in [-0.4, -0.2) is 34.6 Å². The molecule has 0 bridgehead atoms. The summed E-state index contributed by atoms with van der Waals surface area (Å²) in [4.78, 5) is 25.1. The highest BCUT2D eigenvalue weighted by molar-refractivity contribution is 6.00. The monoisotopic (exact) mass is 294 g/mol. The molecule has 114 valence electrons. The number of rotatable bonds is 2. The number of hydrogen-bond acceptors (Lipinski definition) is 2. The molecule has 1 aromatic rings. The molecule has 5 nitrogen and oxygen atoms in total. The molecule has 2 N–H and O–H groups in total. The van der Waals surface area contributed by atoms with Gasteiger partial charge in [-0.3, -0.25) is 0 Å². The van der Waals surface area contributed by atoms with Crippen LogP contribution >= 0.6 is 0 Å². The molecule has 1 fully saturated rings. The van der Waals surface area contributed by atoms with Crippen molar-refractivity contribution in [3.8, 4) is 0 Å².